The first-order valence-electron chi connectivity index (χ1n) is 8.52. The van der Waals surface area contributed by atoms with E-state index in [1.807, 2.05) is 6.92 Å². The molecule has 2 rings (SSSR count). The number of carbonyl (C=O) groups excluding carboxylic acids is 1. The molecule has 0 spiro atoms. The first kappa shape index (κ1) is 20.2. The number of aliphatic carboxylic acids is 1. The van der Waals surface area contributed by atoms with E-state index in [-0.39, 0.29) is 22.3 Å². The highest BCUT2D eigenvalue weighted by Gasteiger charge is 2.30. The number of carboxylic acid groups (broad SMARTS) is 1. The number of benzene rings is 1. The molecule has 0 heterocycles. The van der Waals surface area contributed by atoms with E-state index in [2.05, 4.69) is 10.0 Å². The van der Waals surface area contributed by atoms with E-state index in [0.29, 0.717) is 12.8 Å². The number of amides is 1. The molecule has 1 atom stereocenters. The van der Waals surface area contributed by atoms with E-state index in [4.69, 9.17) is 4.74 Å². The van der Waals surface area contributed by atoms with Gasteiger partial charge in [-0.2, -0.15) is 0 Å². The lowest BCUT2D eigenvalue weighted by Crippen LogP contribution is -2.40. The van der Waals surface area contributed by atoms with Gasteiger partial charge in [0.1, 0.15) is 16.7 Å². The molecule has 1 saturated carbocycles. The number of nitrogens with one attached hydrogen (secondary N) is 2. The summed E-state index contributed by atoms with van der Waals surface area (Å²) in [5, 5.41) is 11.7. The third kappa shape index (κ3) is 5.18. The maximum Gasteiger partial charge on any atom is 0.326 e. The van der Waals surface area contributed by atoms with E-state index in [1.54, 1.807) is 0 Å². The van der Waals surface area contributed by atoms with Gasteiger partial charge in [0.15, 0.2) is 0 Å². The number of hydrogen-bond donors (Lipinski definition) is 3. The van der Waals surface area contributed by atoms with E-state index < -0.39 is 27.9 Å². The van der Waals surface area contributed by atoms with Crippen molar-refractivity contribution in [1.82, 2.24) is 10.0 Å². The van der Waals surface area contributed by atoms with Gasteiger partial charge in [0.25, 0.3) is 5.91 Å². The highest BCUT2D eigenvalue weighted by atomic mass is 32.2. The largest absolute Gasteiger partial charge is 0.495 e. The number of methoxy groups -OCH3 is 1. The molecule has 1 aliphatic rings. The average molecular weight is 384 g/mol. The molecule has 1 unspecified atom stereocenters. The lowest BCUT2D eigenvalue weighted by Gasteiger charge is -2.15. The molecule has 26 heavy (non-hydrogen) atoms. The van der Waals surface area contributed by atoms with Crippen molar-refractivity contribution in [1.29, 1.82) is 0 Å². The van der Waals surface area contributed by atoms with Crippen LogP contribution in [0.15, 0.2) is 23.1 Å². The van der Waals surface area contributed by atoms with Crippen molar-refractivity contribution in [2.45, 2.75) is 56.0 Å². The van der Waals surface area contributed by atoms with Crippen LogP contribution in [0.1, 0.15) is 49.4 Å². The maximum atomic E-state index is 12.5. The molecule has 0 aromatic heterocycles. The minimum atomic E-state index is -3.83. The number of carbonyl (C=O) groups is 2. The molecular formula is C17H24N2O6S. The maximum absolute atomic E-state index is 12.5. The SMILES string of the molecule is CCCCC(NC(=O)c1ccc(OC)c(S(=O)(=O)NC2CC2)c1)C(=O)O. The monoisotopic (exact) mass is 384 g/mol. The Hall–Kier alpha value is -2.13. The van der Waals surface area contributed by atoms with E-state index in [1.165, 1.54) is 25.3 Å². The summed E-state index contributed by atoms with van der Waals surface area (Å²) in [5.74, 6) is -1.64. The Morgan fingerprint density at radius 3 is 2.58 bits per heavy atom. The summed E-state index contributed by atoms with van der Waals surface area (Å²) in [5.41, 5.74) is 0.0599. The third-order valence-corrected chi connectivity index (χ3v) is 5.61. The van der Waals surface area contributed by atoms with Crippen molar-refractivity contribution in [2.75, 3.05) is 7.11 Å². The van der Waals surface area contributed by atoms with Crippen LogP contribution in [0.4, 0.5) is 0 Å². The molecule has 3 N–H and O–H groups in total. The normalized spacial score (nSPS) is 15.3. The van der Waals surface area contributed by atoms with Crippen LogP contribution in [0.3, 0.4) is 0 Å². The fraction of sp³-hybridized carbons (Fsp3) is 0.529. The topological polar surface area (TPSA) is 122 Å². The minimum absolute atomic E-state index is 0.0599. The summed E-state index contributed by atoms with van der Waals surface area (Å²) in [6.07, 6.45) is 3.32. The summed E-state index contributed by atoms with van der Waals surface area (Å²) < 4.78 is 32.6. The van der Waals surface area contributed by atoms with Gasteiger partial charge in [0.05, 0.1) is 7.11 Å². The molecule has 1 aromatic rings. The minimum Gasteiger partial charge on any atom is -0.495 e. The van der Waals surface area contributed by atoms with Crippen LogP contribution >= 0.6 is 0 Å². The summed E-state index contributed by atoms with van der Waals surface area (Å²) in [4.78, 5) is 23.6. The van der Waals surface area contributed by atoms with Crippen molar-refractivity contribution in [3.05, 3.63) is 23.8 Å². The summed E-state index contributed by atoms with van der Waals surface area (Å²) in [6, 6.07) is 2.89. The van der Waals surface area contributed by atoms with Gasteiger partial charge in [-0.3, -0.25) is 4.79 Å². The molecular weight excluding hydrogens is 360 g/mol. The van der Waals surface area contributed by atoms with Gasteiger partial charge in [-0.05, 0) is 37.5 Å². The molecule has 0 saturated heterocycles. The molecule has 1 amide bonds. The van der Waals surface area contributed by atoms with Crippen molar-refractivity contribution >= 4 is 21.9 Å². The van der Waals surface area contributed by atoms with Gasteiger partial charge in [-0.15, -0.1) is 0 Å². The third-order valence-electron chi connectivity index (χ3n) is 4.06. The smallest absolute Gasteiger partial charge is 0.326 e. The first-order valence-corrected chi connectivity index (χ1v) is 10.0. The second-order valence-corrected chi connectivity index (χ2v) is 7.95. The molecule has 0 aliphatic heterocycles. The van der Waals surface area contributed by atoms with Gasteiger partial charge >= 0.3 is 5.97 Å². The van der Waals surface area contributed by atoms with Gasteiger partial charge in [-0.25, -0.2) is 17.9 Å². The second-order valence-electron chi connectivity index (χ2n) is 6.27. The number of sulfonamides is 1. The van der Waals surface area contributed by atoms with Crippen LogP contribution in [-0.2, 0) is 14.8 Å². The Morgan fingerprint density at radius 2 is 2.04 bits per heavy atom. The van der Waals surface area contributed by atoms with Crippen molar-refractivity contribution < 1.29 is 27.9 Å². The van der Waals surface area contributed by atoms with Crippen LogP contribution in [0.25, 0.3) is 0 Å². The highest BCUT2D eigenvalue weighted by Crippen LogP contribution is 2.28. The van der Waals surface area contributed by atoms with Gasteiger partial charge < -0.3 is 15.2 Å². The fourth-order valence-electron chi connectivity index (χ4n) is 2.42. The second kappa shape index (κ2) is 8.50. The Balaban J connectivity index is 2.24. The predicted molar refractivity (Wildman–Crippen MR) is 94.8 cm³/mol. The fourth-order valence-corrected chi connectivity index (χ4v) is 3.92. The van der Waals surface area contributed by atoms with Gasteiger partial charge in [0, 0.05) is 11.6 Å². The van der Waals surface area contributed by atoms with Crippen LogP contribution in [-0.4, -0.2) is 44.6 Å². The number of carboxylic acids is 1. The lowest BCUT2D eigenvalue weighted by molar-refractivity contribution is -0.139. The lowest BCUT2D eigenvalue weighted by atomic mass is 10.1. The number of unbranched alkanes of at least 4 members (excludes halogenated alkanes) is 1. The zero-order valence-electron chi connectivity index (χ0n) is 14.8. The molecule has 0 bridgehead atoms. The molecule has 0 radical (unpaired) electrons. The quantitative estimate of drug-likeness (QED) is 0.562. The Labute approximate surface area is 153 Å². The van der Waals surface area contributed by atoms with Crippen LogP contribution in [0.2, 0.25) is 0 Å². The molecule has 1 aliphatic carbocycles. The van der Waals surface area contributed by atoms with Gasteiger partial charge in [0.2, 0.25) is 10.0 Å². The van der Waals surface area contributed by atoms with Crippen LogP contribution < -0.4 is 14.8 Å². The zero-order chi connectivity index (χ0) is 19.3. The number of ether oxygens (including phenoxy) is 1. The Bertz CT molecular complexity index is 773. The van der Waals surface area contributed by atoms with Crippen molar-refractivity contribution in [2.24, 2.45) is 0 Å². The standard InChI is InChI=1S/C17H24N2O6S/c1-3-4-5-13(17(21)22)18-16(20)11-6-9-14(25-2)15(10-11)26(23,24)19-12-7-8-12/h6,9-10,12-13,19H,3-5,7-8H2,1-2H3,(H,18,20)(H,21,22). The van der Waals surface area contributed by atoms with Crippen LogP contribution in [0, 0.1) is 0 Å². The molecule has 1 fully saturated rings. The zero-order valence-corrected chi connectivity index (χ0v) is 15.6. The van der Waals surface area contributed by atoms with E-state index in [0.717, 1.165) is 19.3 Å². The summed E-state index contributed by atoms with van der Waals surface area (Å²) in [7, 11) is -2.48. The molecule has 8 nitrogen and oxygen atoms in total. The predicted octanol–water partition coefficient (Wildman–Crippen LogP) is 1.51. The average Bonchev–Trinajstić information content (AvgIpc) is 3.40. The van der Waals surface area contributed by atoms with Crippen molar-refractivity contribution in [3.8, 4) is 5.75 Å². The Morgan fingerprint density at radius 1 is 1.35 bits per heavy atom. The number of rotatable bonds is 10. The Kier molecular flexibility index (Phi) is 6.60. The highest BCUT2D eigenvalue weighted by molar-refractivity contribution is 7.89. The van der Waals surface area contributed by atoms with E-state index >= 15 is 0 Å². The van der Waals surface area contributed by atoms with Crippen molar-refractivity contribution in [3.63, 3.8) is 0 Å². The number of hydrogen-bond acceptors (Lipinski definition) is 5. The summed E-state index contributed by atoms with van der Waals surface area (Å²) in [6.45, 7) is 1.92. The summed E-state index contributed by atoms with van der Waals surface area (Å²) >= 11 is 0. The van der Waals surface area contributed by atoms with E-state index in [9.17, 15) is 23.1 Å². The first-order chi connectivity index (χ1) is 12.3. The van der Waals surface area contributed by atoms with Crippen LogP contribution in [0.5, 0.6) is 5.75 Å². The molecule has 144 valence electrons. The molecule has 1 aromatic carbocycles. The van der Waals surface area contributed by atoms with Gasteiger partial charge in [-0.1, -0.05) is 19.8 Å². The molecule has 9 heteroatoms.